The first kappa shape index (κ1) is 15.9. The van der Waals surface area contributed by atoms with Gasteiger partial charge in [-0.15, -0.1) is 0 Å². The average molecular weight is 416 g/mol. The summed E-state index contributed by atoms with van der Waals surface area (Å²) in [5.74, 6) is 5.73. The Morgan fingerprint density at radius 1 is 1.04 bits per heavy atom. The minimum absolute atomic E-state index is 0.300. The van der Waals surface area contributed by atoms with Crippen molar-refractivity contribution < 1.29 is 0 Å². The molecule has 0 fully saturated rings. The molecular weight excluding hydrogens is 404 g/mol. The molecule has 25 heavy (non-hydrogen) atoms. The fraction of sp³-hybridized carbons (Fsp3) is 0. The lowest BCUT2D eigenvalue weighted by Gasteiger charge is -2.04. The number of nitrogen functional groups attached to an aromatic ring is 1. The van der Waals surface area contributed by atoms with Crippen LogP contribution in [0.4, 0.5) is 0 Å². The molecule has 0 aliphatic rings. The van der Waals surface area contributed by atoms with Crippen LogP contribution in [-0.4, -0.2) is 14.2 Å². The van der Waals surface area contributed by atoms with E-state index in [-0.39, 0.29) is 5.56 Å². The number of hydrogen-bond acceptors (Lipinski definition) is 3. The minimum Gasteiger partial charge on any atom is -0.335 e. The second-order valence-corrected chi connectivity index (χ2v) is 6.90. The molecule has 7 heteroatoms. The average Bonchev–Trinajstić information content (AvgIpc) is 3.00. The van der Waals surface area contributed by atoms with Crippen molar-refractivity contribution >= 4 is 38.6 Å². The van der Waals surface area contributed by atoms with Crippen LogP contribution in [0.25, 0.3) is 27.8 Å². The molecule has 0 aliphatic carbocycles. The van der Waals surface area contributed by atoms with Crippen LogP contribution in [-0.2, 0) is 0 Å². The highest BCUT2D eigenvalue weighted by Gasteiger charge is 2.17. The van der Waals surface area contributed by atoms with E-state index < -0.39 is 0 Å². The number of halogens is 2. The van der Waals surface area contributed by atoms with E-state index in [1.807, 2.05) is 47.2 Å². The number of nitrogens with zero attached hydrogens (tertiary/aromatic N) is 3. The highest BCUT2D eigenvalue weighted by molar-refractivity contribution is 9.10. The Morgan fingerprint density at radius 2 is 1.72 bits per heavy atom. The number of benzene rings is 2. The van der Waals surface area contributed by atoms with Crippen molar-refractivity contribution in [3.63, 3.8) is 0 Å². The van der Waals surface area contributed by atoms with E-state index in [4.69, 9.17) is 17.4 Å². The van der Waals surface area contributed by atoms with E-state index in [1.54, 1.807) is 12.1 Å². The molecule has 0 saturated heterocycles. The van der Waals surface area contributed by atoms with Gasteiger partial charge in [-0.25, -0.2) is 9.66 Å². The molecule has 5 nitrogen and oxygen atoms in total. The number of nitrogens with two attached hydrogens (primary N) is 1. The predicted molar refractivity (Wildman–Crippen MR) is 104 cm³/mol. The second-order valence-electron chi connectivity index (χ2n) is 5.55. The van der Waals surface area contributed by atoms with Gasteiger partial charge in [0.2, 0.25) is 0 Å². The van der Waals surface area contributed by atoms with Gasteiger partial charge in [-0.1, -0.05) is 39.7 Å². The van der Waals surface area contributed by atoms with E-state index >= 15 is 0 Å². The lowest BCUT2D eigenvalue weighted by Crippen LogP contribution is -2.27. The molecule has 2 aromatic heterocycles. The predicted octanol–water partition coefficient (Wildman–Crippen LogP) is 3.98. The number of fused-ring (bicyclic) bond motifs is 1. The Bertz CT molecular complexity index is 1130. The van der Waals surface area contributed by atoms with Crippen LogP contribution < -0.4 is 11.4 Å². The number of aromatic nitrogens is 3. The Kier molecular flexibility index (Phi) is 3.86. The summed E-state index contributed by atoms with van der Waals surface area (Å²) in [4.78, 5) is 17.0. The second kappa shape index (κ2) is 6.06. The molecular formula is C18H12BrClN4O. The smallest absolute Gasteiger partial charge is 0.281 e. The molecule has 4 aromatic rings. The fourth-order valence-corrected chi connectivity index (χ4v) is 3.17. The van der Waals surface area contributed by atoms with Crippen molar-refractivity contribution in [2.24, 2.45) is 0 Å². The normalized spacial score (nSPS) is 11.1. The van der Waals surface area contributed by atoms with Gasteiger partial charge in [-0.3, -0.25) is 4.79 Å². The monoisotopic (exact) mass is 414 g/mol. The third kappa shape index (κ3) is 2.73. The van der Waals surface area contributed by atoms with E-state index in [0.717, 1.165) is 26.0 Å². The topological polar surface area (TPSA) is 65.8 Å². The summed E-state index contributed by atoms with van der Waals surface area (Å²) < 4.78 is 3.85. The van der Waals surface area contributed by atoms with Crippen LogP contribution in [0, 0.1) is 0 Å². The third-order valence-corrected chi connectivity index (χ3v) is 4.77. The molecule has 0 bridgehead atoms. The zero-order valence-corrected chi connectivity index (χ0v) is 15.2. The van der Waals surface area contributed by atoms with Gasteiger partial charge in [0.1, 0.15) is 6.33 Å². The molecule has 0 saturated carbocycles. The van der Waals surface area contributed by atoms with Crippen molar-refractivity contribution in [3.05, 3.63) is 80.9 Å². The highest BCUT2D eigenvalue weighted by Crippen LogP contribution is 2.30. The Hall–Kier alpha value is -2.57. The Morgan fingerprint density at radius 3 is 2.40 bits per heavy atom. The molecule has 2 heterocycles. The summed E-state index contributed by atoms with van der Waals surface area (Å²) in [6.07, 6.45) is 3.22. The van der Waals surface area contributed by atoms with Crippen LogP contribution in [0.1, 0.15) is 0 Å². The molecule has 2 N–H and O–H groups in total. The van der Waals surface area contributed by atoms with Crippen molar-refractivity contribution in [1.29, 1.82) is 0 Å². The zero-order valence-electron chi connectivity index (χ0n) is 12.9. The van der Waals surface area contributed by atoms with Crippen molar-refractivity contribution in [3.8, 4) is 16.8 Å². The lowest BCUT2D eigenvalue weighted by molar-refractivity contribution is 0.905. The SMILES string of the molecule is Nn1cnc2c(c(-c3ccc(Cl)cc3)cn2-c2ccc(Br)cc2)c1=O. The number of hydrogen-bond donors (Lipinski definition) is 1. The van der Waals surface area contributed by atoms with Crippen molar-refractivity contribution in [2.75, 3.05) is 5.84 Å². The maximum Gasteiger partial charge on any atom is 0.281 e. The maximum atomic E-state index is 12.6. The molecule has 2 aromatic carbocycles. The highest BCUT2D eigenvalue weighted by atomic mass is 79.9. The lowest BCUT2D eigenvalue weighted by atomic mass is 10.1. The molecule has 0 spiro atoms. The Labute approximate surface area is 156 Å². The van der Waals surface area contributed by atoms with Gasteiger partial charge in [0.05, 0.1) is 5.39 Å². The summed E-state index contributed by atoms with van der Waals surface area (Å²) in [7, 11) is 0. The van der Waals surface area contributed by atoms with Gasteiger partial charge in [-0.05, 0) is 42.0 Å². The molecule has 4 rings (SSSR count). The third-order valence-electron chi connectivity index (χ3n) is 3.99. The Balaban J connectivity index is 2.06. The van der Waals surface area contributed by atoms with E-state index in [0.29, 0.717) is 16.1 Å². The van der Waals surface area contributed by atoms with E-state index in [1.165, 1.54) is 6.33 Å². The van der Waals surface area contributed by atoms with Gasteiger partial charge in [0.25, 0.3) is 5.56 Å². The largest absolute Gasteiger partial charge is 0.335 e. The first-order valence-electron chi connectivity index (χ1n) is 7.44. The summed E-state index contributed by atoms with van der Waals surface area (Å²) in [6.45, 7) is 0. The van der Waals surface area contributed by atoms with Gasteiger partial charge in [0, 0.05) is 26.9 Å². The van der Waals surface area contributed by atoms with Crippen LogP contribution >= 0.6 is 27.5 Å². The minimum atomic E-state index is -0.300. The van der Waals surface area contributed by atoms with E-state index in [2.05, 4.69) is 20.9 Å². The summed E-state index contributed by atoms with van der Waals surface area (Å²) >= 11 is 9.41. The van der Waals surface area contributed by atoms with Crippen LogP contribution in [0.5, 0.6) is 0 Å². The molecule has 0 amide bonds. The molecule has 0 atom stereocenters. The number of rotatable bonds is 2. The standard InChI is InChI=1S/C18H12BrClN4O/c19-12-3-7-14(8-4-12)23-9-15(11-1-5-13(20)6-2-11)16-17(23)22-10-24(21)18(16)25/h1-10H,21H2. The van der Waals surface area contributed by atoms with Gasteiger partial charge in [0.15, 0.2) is 5.65 Å². The van der Waals surface area contributed by atoms with Crippen LogP contribution in [0.2, 0.25) is 5.02 Å². The zero-order chi connectivity index (χ0) is 17.6. The molecule has 0 radical (unpaired) electrons. The molecule has 0 unspecified atom stereocenters. The maximum absolute atomic E-state index is 12.6. The van der Waals surface area contributed by atoms with Crippen LogP contribution in [0.3, 0.4) is 0 Å². The van der Waals surface area contributed by atoms with Gasteiger partial charge < -0.3 is 10.4 Å². The van der Waals surface area contributed by atoms with E-state index in [9.17, 15) is 4.79 Å². The molecule has 0 aliphatic heterocycles. The van der Waals surface area contributed by atoms with Crippen LogP contribution in [0.15, 0.2) is 70.3 Å². The summed E-state index contributed by atoms with van der Waals surface area (Å²) in [5.41, 5.74) is 2.78. The summed E-state index contributed by atoms with van der Waals surface area (Å²) in [6, 6.07) is 15.1. The first-order valence-corrected chi connectivity index (χ1v) is 8.61. The van der Waals surface area contributed by atoms with Gasteiger partial charge in [-0.2, -0.15) is 0 Å². The van der Waals surface area contributed by atoms with Crippen molar-refractivity contribution in [1.82, 2.24) is 14.2 Å². The molecule has 124 valence electrons. The van der Waals surface area contributed by atoms with Gasteiger partial charge >= 0.3 is 0 Å². The quantitative estimate of drug-likeness (QED) is 0.504. The fourth-order valence-electron chi connectivity index (χ4n) is 2.78. The summed E-state index contributed by atoms with van der Waals surface area (Å²) in [5, 5.41) is 1.10. The van der Waals surface area contributed by atoms with Crippen molar-refractivity contribution in [2.45, 2.75) is 0 Å². The first-order chi connectivity index (χ1) is 12.0.